The first-order valence-corrected chi connectivity index (χ1v) is 7.82. The van der Waals surface area contributed by atoms with Crippen LogP contribution in [0.4, 0.5) is 17.6 Å². The van der Waals surface area contributed by atoms with Crippen LogP contribution in [-0.2, 0) is 6.18 Å². The second-order valence-electron chi connectivity index (χ2n) is 5.85. The third kappa shape index (κ3) is 2.83. The van der Waals surface area contributed by atoms with E-state index >= 15 is 0 Å². The molecule has 4 rings (SSSR count). The van der Waals surface area contributed by atoms with Crippen LogP contribution in [0.25, 0.3) is 27.8 Å². The fourth-order valence-electron chi connectivity index (χ4n) is 2.96. The summed E-state index contributed by atoms with van der Waals surface area (Å²) in [6.45, 7) is 0. The second kappa shape index (κ2) is 5.98. The van der Waals surface area contributed by atoms with Crippen molar-refractivity contribution in [2.75, 3.05) is 0 Å². The van der Waals surface area contributed by atoms with Gasteiger partial charge in [0.1, 0.15) is 5.82 Å². The summed E-state index contributed by atoms with van der Waals surface area (Å²) >= 11 is 0. The lowest BCUT2D eigenvalue weighted by Crippen LogP contribution is -2.04. The van der Waals surface area contributed by atoms with E-state index in [4.69, 9.17) is 0 Å². The van der Waals surface area contributed by atoms with Crippen LogP contribution in [0.3, 0.4) is 0 Å². The number of benzene rings is 2. The number of hydrogen-bond acceptors (Lipinski definition) is 1. The van der Waals surface area contributed by atoms with Gasteiger partial charge in [0.25, 0.3) is 0 Å². The van der Waals surface area contributed by atoms with Gasteiger partial charge in [-0.25, -0.2) is 4.39 Å². The van der Waals surface area contributed by atoms with Gasteiger partial charge in [0.2, 0.25) is 0 Å². The number of hydrogen-bond donors (Lipinski definition) is 0. The van der Waals surface area contributed by atoms with Crippen LogP contribution >= 0.6 is 0 Å². The Morgan fingerprint density at radius 1 is 0.846 bits per heavy atom. The molecule has 0 bridgehead atoms. The highest BCUT2D eigenvalue weighted by Crippen LogP contribution is 2.34. The summed E-state index contributed by atoms with van der Waals surface area (Å²) in [5.74, 6) is -0.362. The van der Waals surface area contributed by atoms with E-state index < -0.39 is 11.7 Å². The van der Waals surface area contributed by atoms with Crippen molar-refractivity contribution in [3.63, 3.8) is 0 Å². The molecule has 0 fully saturated rings. The molecule has 0 saturated heterocycles. The molecular formula is C20H12F4N2. The number of alkyl halides is 3. The van der Waals surface area contributed by atoms with Crippen molar-refractivity contribution in [3.05, 3.63) is 84.4 Å². The molecule has 6 heteroatoms. The maximum atomic E-state index is 13.3. The highest BCUT2D eigenvalue weighted by atomic mass is 19.4. The van der Waals surface area contributed by atoms with Crippen molar-refractivity contribution in [1.82, 2.24) is 9.55 Å². The number of nitrogens with zero attached hydrogens (tertiary/aromatic N) is 2. The van der Waals surface area contributed by atoms with Crippen molar-refractivity contribution in [2.45, 2.75) is 6.18 Å². The molecule has 0 spiro atoms. The zero-order chi connectivity index (χ0) is 18.3. The van der Waals surface area contributed by atoms with E-state index in [9.17, 15) is 17.6 Å². The zero-order valence-electron chi connectivity index (χ0n) is 13.3. The van der Waals surface area contributed by atoms with E-state index in [1.807, 2.05) is 16.7 Å². The molecule has 0 unspecified atom stereocenters. The molecule has 2 aromatic heterocycles. The highest BCUT2D eigenvalue weighted by Gasteiger charge is 2.30. The summed E-state index contributed by atoms with van der Waals surface area (Å²) in [5, 5.41) is 0.888. The number of fused-ring (bicyclic) bond motifs is 1. The summed E-state index contributed by atoms with van der Waals surface area (Å²) < 4.78 is 53.6. The molecule has 0 aliphatic carbocycles. The molecule has 0 aliphatic rings. The largest absolute Gasteiger partial charge is 0.416 e. The third-order valence-corrected chi connectivity index (χ3v) is 4.20. The third-order valence-electron chi connectivity index (χ3n) is 4.20. The molecule has 0 amide bonds. The van der Waals surface area contributed by atoms with Crippen LogP contribution in [0.2, 0.25) is 0 Å². The molecular weight excluding hydrogens is 344 g/mol. The van der Waals surface area contributed by atoms with Crippen LogP contribution in [0.15, 0.2) is 73.1 Å². The minimum atomic E-state index is -4.38. The van der Waals surface area contributed by atoms with Gasteiger partial charge in [-0.05, 0) is 54.1 Å². The molecule has 26 heavy (non-hydrogen) atoms. The molecule has 0 atom stereocenters. The van der Waals surface area contributed by atoms with Gasteiger partial charge < -0.3 is 4.57 Å². The van der Waals surface area contributed by atoms with Gasteiger partial charge in [-0.15, -0.1) is 0 Å². The minimum absolute atomic E-state index is 0.362. The molecule has 130 valence electrons. The van der Waals surface area contributed by atoms with Crippen molar-refractivity contribution in [3.8, 4) is 16.9 Å². The predicted molar refractivity (Wildman–Crippen MR) is 91.5 cm³/mol. The lowest BCUT2D eigenvalue weighted by atomic mass is 10.1. The van der Waals surface area contributed by atoms with Crippen molar-refractivity contribution >= 4 is 10.9 Å². The Kier molecular flexibility index (Phi) is 3.76. The van der Waals surface area contributed by atoms with Gasteiger partial charge >= 0.3 is 6.18 Å². The van der Waals surface area contributed by atoms with Crippen molar-refractivity contribution in [1.29, 1.82) is 0 Å². The average molecular weight is 356 g/mol. The highest BCUT2D eigenvalue weighted by molar-refractivity contribution is 5.88. The topological polar surface area (TPSA) is 17.8 Å². The van der Waals surface area contributed by atoms with Gasteiger partial charge in [0, 0.05) is 17.3 Å². The van der Waals surface area contributed by atoms with E-state index in [1.54, 1.807) is 24.5 Å². The summed E-state index contributed by atoms with van der Waals surface area (Å²) in [6.07, 6.45) is -1.06. The quantitative estimate of drug-likeness (QED) is 0.412. The summed E-state index contributed by atoms with van der Waals surface area (Å²) in [4.78, 5) is 4.13. The van der Waals surface area contributed by atoms with Crippen LogP contribution in [-0.4, -0.2) is 9.55 Å². The number of aromatic nitrogens is 2. The maximum absolute atomic E-state index is 13.3. The van der Waals surface area contributed by atoms with Crippen LogP contribution < -0.4 is 0 Å². The normalized spacial score (nSPS) is 11.8. The predicted octanol–water partition coefficient (Wildman–Crippen LogP) is 5.85. The lowest BCUT2D eigenvalue weighted by Gasteiger charge is -2.12. The summed E-state index contributed by atoms with van der Waals surface area (Å²) in [6, 6.07) is 14.6. The minimum Gasteiger partial charge on any atom is -0.308 e. The van der Waals surface area contributed by atoms with Crippen LogP contribution in [0.1, 0.15) is 5.56 Å². The van der Waals surface area contributed by atoms with Crippen LogP contribution in [0.5, 0.6) is 0 Å². The monoisotopic (exact) mass is 356 g/mol. The Bertz CT molecular complexity index is 1060. The zero-order valence-corrected chi connectivity index (χ0v) is 13.3. The number of rotatable bonds is 2. The van der Waals surface area contributed by atoms with Gasteiger partial charge in [-0.3, -0.25) is 4.98 Å². The summed E-state index contributed by atoms with van der Waals surface area (Å²) in [5.41, 5.74) is 2.11. The summed E-state index contributed by atoms with van der Waals surface area (Å²) in [7, 11) is 0. The fraction of sp³-hybridized carbons (Fsp3) is 0.0500. The Morgan fingerprint density at radius 3 is 2.19 bits per heavy atom. The van der Waals surface area contributed by atoms with Gasteiger partial charge in [0.15, 0.2) is 0 Å². The first-order chi connectivity index (χ1) is 12.4. The van der Waals surface area contributed by atoms with E-state index in [0.29, 0.717) is 16.9 Å². The first-order valence-electron chi connectivity index (χ1n) is 7.82. The Hall–Kier alpha value is -3.15. The van der Waals surface area contributed by atoms with E-state index in [1.165, 1.54) is 24.3 Å². The van der Waals surface area contributed by atoms with Gasteiger partial charge in [0.05, 0.1) is 23.0 Å². The SMILES string of the molecule is Fc1ccc(-n2c(-c3ccc(C(F)(F)F)cc3)cc3ccncc32)cc1. The molecule has 2 nitrogen and oxygen atoms in total. The van der Waals surface area contributed by atoms with Crippen molar-refractivity contribution in [2.24, 2.45) is 0 Å². The standard InChI is InChI=1S/C20H12F4N2/c21-16-5-7-17(8-6-16)26-18(11-14-9-10-25-12-19(14)26)13-1-3-15(4-2-13)20(22,23)24/h1-12H. The van der Waals surface area contributed by atoms with E-state index in [2.05, 4.69) is 4.98 Å². The Balaban J connectivity index is 1.92. The molecule has 2 aromatic carbocycles. The van der Waals surface area contributed by atoms with Crippen molar-refractivity contribution < 1.29 is 17.6 Å². The average Bonchev–Trinajstić information content (AvgIpc) is 3.01. The molecule has 2 heterocycles. The second-order valence-corrected chi connectivity index (χ2v) is 5.85. The fourth-order valence-corrected chi connectivity index (χ4v) is 2.96. The lowest BCUT2D eigenvalue weighted by molar-refractivity contribution is -0.137. The first kappa shape index (κ1) is 16.3. The molecule has 0 aliphatic heterocycles. The van der Waals surface area contributed by atoms with E-state index in [0.717, 1.165) is 23.0 Å². The van der Waals surface area contributed by atoms with E-state index in [-0.39, 0.29) is 5.82 Å². The number of halogens is 4. The smallest absolute Gasteiger partial charge is 0.308 e. The van der Waals surface area contributed by atoms with Gasteiger partial charge in [-0.1, -0.05) is 12.1 Å². The number of pyridine rings is 1. The molecule has 0 radical (unpaired) electrons. The molecule has 0 N–H and O–H groups in total. The molecule has 4 aromatic rings. The Morgan fingerprint density at radius 2 is 1.54 bits per heavy atom. The Labute approximate surface area is 146 Å². The van der Waals surface area contributed by atoms with Crippen LogP contribution in [0, 0.1) is 5.82 Å². The van der Waals surface area contributed by atoms with Gasteiger partial charge in [-0.2, -0.15) is 13.2 Å². The molecule has 0 saturated carbocycles. The maximum Gasteiger partial charge on any atom is 0.416 e.